The second-order valence-electron chi connectivity index (χ2n) is 6.15. The first kappa shape index (κ1) is 18.3. The van der Waals surface area contributed by atoms with E-state index in [4.69, 9.17) is 32.0 Å². The zero-order valence-corrected chi connectivity index (χ0v) is 16.2. The molecule has 1 N–H and O–H groups in total. The highest BCUT2D eigenvalue weighted by atomic mass is 35.5. The number of hydrogen-bond acceptors (Lipinski definition) is 4. The number of benzene rings is 2. The minimum Gasteiger partial charge on any atom is -0.455 e. The molecule has 0 saturated heterocycles. The van der Waals surface area contributed by atoms with Crippen molar-refractivity contribution in [2.75, 3.05) is 0 Å². The number of amides is 1. The first-order valence-electron chi connectivity index (χ1n) is 8.38. The Hall–Kier alpha value is -3.02. The van der Waals surface area contributed by atoms with Crippen molar-refractivity contribution < 1.29 is 13.6 Å². The third-order valence-corrected chi connectivity index (χ3v) is 4.62. The zero-order chi connectivity index (χ0) is 19.7. The van der Waals surface area contributed by atoms with E-state index in [1.165, 1.54) is 6.21 Å². The van der Waals surface area contributed by atoms with E-state index in [0.29, 0.717) is 27.1 Å². The molecule has 2 aromatic carbocycles. The van der Waals surface area contributed by atoms with Crippen LogP contribution in [0.5, 0.6) is 0 Å². The highest BCUT2D eigenvalue weighted by Gasteiger charge is 2.12. The molecule has 7 heteroatoms. The number of nitrogens with one attached hydrogen (secondary N) is 1. The molecular weight excluding hydrogens is 399 g/mol. The van der Waals surface area contributed by atoms with Gasteiger partial charge in [0, 0.05) is 21.0 Å². The van der Waals surface area contributed by atoms with E-state index in [1.54, 1.807) is 30.3 Å². The molecule has 1 amide bonds. The van der Waals surface area contributed by atoms with Crippen LogP contribution in [0.25, 0.3) is 22.3 Å². The Balaban J connectivity index is 1.46. The second-order valence-corrected chi connectivity index (χ2v) is 7.03. The summed E-state index contributed by atoms with van der Waals surface area (Å²) in [6.07, 6.45) is 1.42. The van der Waals surface area contributed by atoms with E-state index >= 15 is 0 Å². The van der Waals surface area contributed by atoms with Crippen LogP contribution in [0.3, 0.4) is 0 Å². The summed E-state index contributed by atoms with van der Waals surface area (Å²) >= 11 is 12.0. The number of aryl methyl sites for hydroxylation is 1. The summed E-state index contributed by atoms with van der Waals surface area (Å²) < 4.78 is 11.3. The number of rotatable bonds is 4. The van der Waals surface area contributed by atoms with E-state index in [0.717, 1.165) is 16.5 Å². The SMILES string of the molecule is Cc1ccc(Cl)cc1-c1ccc(/C=N/NC(=O)c2cc3cc(Cl)ccc3o2)o1. The Morgan fingerprint density at radius 1 is 1.00 bits per heavy atom. The molecule has 0 aliphatic rings. The van der Waals surface area contributed by atoms with Crippen molar-refractivity contribution in [1.29, 1.82) is 0 Å². The van der Waals surface area contributed by atoms with Crippen molar-refractivity contribution in [3.63, 3.8) is 0 Å². The van der Waals surface area contributed by atoms with Gasteiger partial charge in [-0.3, -0.25) is 4.79 Å². The minimum absolute atomic E-state index is 0.143. The number of hydrogen-bond donors (Lipinski definition) is 1. The van der Waals surface area contributed by atoms with Gasteiger partial charge in [-0.15, -0.1) is 0 Å². The van der Waals surface area contributed by atoms with Gasteiger partial charge in [-0.2, -0.15) is 5.10 Å². The lowest BCUT2D eigenvalue weighted by atomic mass is 10.1. The quantitative estimate of drug-likeness (QED) is 0.326. The van der Waals surface area contributed by atoms with Gasteiger partial charge in [0.05, 0.1) is 6.21 Å². The van der Waals surface area contributed by atoms with Crippen molar-refractivity contribution in [1.82, 2.24) is 5.43 Å². The van der Waals surface area contributed by atoms with Crippen molar-refractivity contribution in [2.45, 2.75) is 6.92 Å². The number of fused-ring (bicyclic) bond motifs is 1. The molecule has 4 rings (SSSR count). The van der Waals surface area contributed by atoms with E-state index < -0.39 is 5.91 Å². The molecular formula is C21H14Cl2N2O3. The molecule has 0 spiro atoms. The maximum Gasteiger partial charge on any atom is 0.307 e. The van der Waals surface area contributed by atoms with Crippen LogP contribution >= 0.6 is 23.2 Å². The standard InChI is InChI=1S/C21H14Cl2N2O3/c1-12-2-3-15(23)10-17(12)19-7-5-16(27-19)11-24-25-21(26)20-9-13-8-14(22)4-6-18(13)28-20/h2-11H,1H3,(H,25,26)/b24-11+. The summed E-state index contributed by atoms with van der Waals surface area (Å²) in [5.74, 6) is 0.832. The predicted molar refractivity (Wildman–Crippen MR) is 110 cm³/mol. The highest BCUT2D eigenvalue weighted by Crippen LogP contribution is 2.28. The van der Waals surface area contributed by atoms with Crippen LogP contribution < -0.4 is 5.43 Å². The van der Waals surface area contributed by atoms with E-state index in [1.807, 2.05) is 31.2 Å². The normalized spacial score (nSPS) is 11.4. The molecule has 0 atom stereocenters. The Labute approximate surface area is 170 Å². The Morgan fingerprint density at radius 2 is 1.79 bits per heavy atom. The fraction of sp³-hybridized carbons (Fsp3) is 0.0476. The van der Waals surface area contributed by atoms with Gasteiger partial charge in [-0.1, -0.05) is 29.3 Å². The van der Waals surface area contributed by atoms with Crippen LogP contribution in [-0.4, -0.2) is 12.1 Å². The average Bonchev–Trinajstić information content (AvgIpc) is 3.30. The van der Waals surface area contributed by atoms with E-state index in [2.05, 4.69) is 10.5 Å². The number of nitrogens with zero attached hydrogens (tertiary/aromatic N) is 1. The monoisotopic (exact) mass is 412 g/mol. The van der Waals surface area contributed by atoms with Gasteiger partial charge in [0.1, 0.15) is 17.1 Å². The van der Waals surface area contributed by atoms with Crippen LogP contribution in [0.1, 0.15) is 21.9 Å². The topological polar surface area (TPSA) is 67.7 Å². The lowest BCUT2D eigenvalue weighted by molar-refractivity contribution is 0.0929. The molecule has 4 aromatic rings. The maximum absolute atomic E-state index is 12.2. The number of halogens is 2. The second kappa shape index (κ2) is 7.54. The molecule has 0 saturated carbocycles. The lowest BCUT2D eigenvalue weighted by Crippen LogP contribution is -2.16. The molecule has 140 valence electrons. The van der Waals surface area contributed by atoms with Crippen LogP contribution in [0.15, 0.2) is 68.5 Å². The number of hydrazone groups is 1. The number of carbonyl (C=O) groups excluding carboxylic acids is 1. The summed E-state index contributed by atoms with van der Waals surface area (Å²) in [6, 6.07) is 15.9. The van der Waals surface area contributed by atoms with Gasteiger partial charge in [0.25, 0.3) is 0 Å². The third kappa shape index (κ3) is 3.81. The Kier molecular flexibility index (Phi) is 4.94. The summed E-state index contributed by atoms with van der Waals surface area (Å²) in [5, 5.41) is 5.87. The maximum atomic E-state index is 12.2. The highest BCUT2D eigenvalue weighted by molar-refractivity contribution is 6.31. The molecule has 0 unspecified atom stereocenters. The summed E-state index contributed by atoms with van der Waals surface area (Å²) in [7, 11) is 0. The fourth-order valence-electron chi connectivity index (χ4n) is 2.76. The van der Waals surface area contributed by atoms with Gasteiger partial charge >= 0.3 is 5.91 Å². The predicted octanol–water partition coefficient (Wildman–Crippen LogP) is 6.07. The average molecular weight is 413 g/mol. The molecule has 5 nitrogen and oxygen atoms in total. The van der Waals surface area contributed by atoms with E-state index in [-0.39, 0.29) is 5.76 Å². The number of furan rings is 2. The molecule has 2 aromatic heterocycles. The van der Waals surface area contributed by atoms with Gasteiger partial charge in [0.2, 0.25) is 0 Å². The minimum atomic E-state index is -0.471. The van der Waals surface area contributed by atoms with Gasteiger partial charge in [-0.25, -0.2) is 5.43 Å². The number of carbonyl (C=O) groups is 1. The Morgan fingerprint density at radius 3 is 2.64 bits per heavy atom. The fourth-order valence-corrected chi connectivity index (χ4v) is 3.12. The van der Waals surface area contributed by atoms with Crippen LogP contribution in [0, 0.1) is 6.92 Å². The lowest BCUT2D eigenvalue weighted by Gasteiger charge is -2.02. The van der Waals surface area contributed by atoms with Crippen molar-refractivity contribution in [3.05, 3.63) is 81.7 Å². The van der Waals surface area contributed by atoms with E-state index in [9.17, 15) is 4.79 Å². The van der Waals surface area contributed by atoms with Crippen molar-refractivity contribution in [2.24, 2.45) is 5.10 Å². The molecule has 0 aliphatic carbocycles. The van der Waals surface area contributed by atoms with Crippen molar-refractivity contribution in [3.8, 4) is 11.3 Å². The molecule has 28 heavy (non-hydrogen) atoms. The largest absolute Gasteiger partial charge is 0.455 e. The summed E-state index contributed by atoms with van der Waals surface area (Å²) in [6.45, 7) is 1.97. The summed E-state index contributed by atoms with van der Waals surface area (Å²) in [4.78, 5) is 12.2. The van der Waals surface area contributed by atoms with Crippen LogP contribution in [0.4, 0.5) is 0 Å². The van der Waals surface area contributed by atoms with Gasteiger partial charge in [0.15, 0.2) is 5.76 Å². The Bertz CT molecular complexity index is 1210. The zero-order valence-electron chi connectivity index (χ0n) is 14.7. The van der Waals surface area contributed by atoms with Gasteiger partial charge < -0.3 is 8.83 Å². The first-order chi connectivity index (χ1) is 13.5. The molecule has 0 bridgehead atoms. The smallest absolute Gasteiger partial charge is 0.307 e. The molecule has 0 radical (unpaired) electrons. The van der Waals surface area contributed by atoms with Crippen LogP contribution in [-0.2, 0) is 0 Å². The molecule has 0 fully saturated rings. The third-order valence-electron chi connectivity index (χ3n) is 4.15. The van der Waals surface area contributed by atoms with Crippen LogP contribution in [0.2, 0.25) is 10.0 Å². The summed E-state index contributed by atoms with van der Waals surface area (Å²) in [5.41, 5.74) is 4.93. The van der Waals surface area contributed by atoms with Gasteiger partial charge in [-0.05, 0) is 61.0 Å². The first-order valence-corrected chi connectivity index (χ1v) is 9.14. The molecule has 2 heterocycles. The van der Waals surface area contributed by atoms with Crippen molar-refractivity contribution >= 4 is 46.3 Å². The molecule has 0 aliphatic heterocycles.